The zero-order valence-corrected chi connectivity index (χ0v) is 15.8. The van der Waals surface area contributed by atoms with Gasteiger partial charge in [-0.1, -0.05) is 18.2 Å². The molecule has 1 aliphatic rings. The van der Waals surface area contributed by atoms with Crippen LogP contribution >= 0.6 is 0 Å². The molecular weight excluding hydrogens is 344 g/mol. The molecule has 0 bridgehead atoms. The normalized spacial score (nSPS) is 17.0. The number of benzene rings is 1. The number of hydrogen-bond acceptors (Lipinski definition) is 4. The van der Waals surface area contributed by atoms with Crippen molar-refractivity contribution in [3.63, 3.8) is 0 Å². The van der Waals surface area contributed by atoms with E-state index in [1.54, 1.807) is 29.3 Å². The van der Waals surface area contributed by atoms with Gasteiger partial charge in [-0.3, -0.25) is 9.88 Å². The number of nitrogens with zero attached hydrogens (tertiary/aromatic N) is 2. The Hall–Kier alpha value is -2.89. The van der Waals surface area contributed by atoms with E-state index in [1.165, 1.54) is 0 Å². The minimum absolute atomic E-state index is 0.0979. The Bertz CT molecular complexity index is 840. The molecule has 0 spiro atoms. The molecule has 1 aromatic heterocycles. The summed E-state index contributed by atoms with van der Waals surface area (Å²) >= 11 is 0. The van der Waals surface area contributed by atoms with Gasteiger partial charge >= 0.3 is 12.1 Å². The minimum Gasteiger partial charge on any atom is -0.478 e. The molecule has 6 nitrogen and oxygen atoms in total. The number of pyridine rings is 1. The van der Waals surface area contributed by atoms with Crippen molar-refractivity contribution in [2.45, 2.75) is 45.3 Å². The summed E-state index contributed by atoms with van der Waals surface area (Å²) in [5, 5.41) is 9.14. The van der Waals surface area contributed by atoms with Gasteiger partial charge in [0.2, 0.25) is 0 Å². The number of amides is 1. The Morgan fingerprint density at radius 1 is 1.19 bits per heavy atom. The lowest BCUT2D eigenvalue weighted by Crippen LogP contribution is -2.36. The van der Waals surface area contributed by atoms with Crippen LogP contribution < -0.4 is 0 Å². The zero-order chi connectivity index (χ0) is 19.6. The molecular formula is C21H24N2O4. The third-order valence-corrected chi connectivity index (χ3v) is 4.45. The summed E-state index contributed by atoms with van der Waals surface area (Å²) in [5.74, 6) is -0.958. The van der Waals surface area contributed by atoms with Gasteiger partial charge in [0.25, 0.3) is 0 Å². The molecule has 1 saturated heterocycles. The predicted molar refractivity (Wildman–Crippen MR) is 102 cm³/mol. The van der Waals surface area contributed by atoms with Crippen LogP contribution in [-0.4, -0.2) is 39.2 Å². The smallest absolute Gasteiger partial charge is 0.410 e. The molecule has 1 fully saturated rings. The summed E-state index contributed by atoms with van der Waals surface area (Å²) < 4.78 is 5.51. The van der Waals surface area contributed by atoms with Gasteiger partial charge in [-0.2, -0.15) is 0 Å². The van der Waals surface area contributed by atoms with Crippen molar-refractivity contribution in [2.75, 3.05) is 6.54 Å². The van der Waals surface area contributed by atoms with E-state index in [2.05, 4.69) is 4.98 Å². The summed E-state index contributed by atoms with van der Waals surface area (Å²) in [6.07, 6.45) is 3.17. The van der Waals surface area contributed by atoms with Gasteiger partial charge in [-0.15, -0.1) is 0 Å². The fourth-order valence-corrected chi connectivity index (χ4v) is 3.22. The first-order valence-electron chi connectivity index (χ1n) is 9.04. The van der Waals surface area contributed by atoms with E-state index in [4.69, 9.17) is 9.84 Å². The second-order valence-corrected chi connectivity index (χ2v) is 7.69. The zero-order valence-electron chi connectivity index (χ0n) is 15.8. The van der Waals surface area contributed by atoms with Crippen LogP contribution in [0.3, 0.4) is 0 Å². The molecule has 0 radical (unpaired) electrons. The average Bonchev–Trinajstić information content (AvgIpc) is 3.10. The highest BCUT2D eigenvalue weighted by molar-refractivity contribution is 5.89. The maximum Gasteiger partial charge on any atom is 0.410 e. The highest BCUT2D eigenvalue weighted by atomic mass is 16.6. The second-order valence-electron chi connectivity index (χ2n) is 7.69. The number of hydrogen-bond donors (Lipinski definition) is 1. The molecule has 0 unspecified atom stereocenters. The molecule has 3 rings (SSSR count). The molecule has 1 N–H and O–H groups in total. The fraction of sp³-hybridized carbons (Fsp3) is 0.381. The Labute approximate surface area is 158 Å². The number of aromatic carboxylic acids is 1. The first-order valence-corrected chi connectivity index (χ1v) is 9.04. The number of ether oxygens (including phenoxy) is 1. The highest BCUT2D eigenvalue weighted by Crippen LogP contribution is 2.33. The molecule has 27 heavy (non-hydrogen) atoms. The number of carboxylic acid groups (broad SMARTS) is 1. The number of likely N-dealkylation sites (tertiary alicyclic amines) is 1. The van der Waals surface area contributed by atoms with Gasteiger partial charge in [0, 0.05) is 18.3 Å². The summed E-state index contributed by atoms with van der Waals surface area (Å²) in [6, 6.07) is 10.5. The monoisotopic (exact) mass is 368 g/mol. The summed E-state index contributed by atoms with van der Waals surface area (Å²) in [4.78, 5) is 29.9. The molecule has 2 heterocycles. The molecule has 1 atom stereocenters. The Kier molecular flexibility index (Phi) is 5.17. The van der Waals surface area contributed by atoms with Crippen LogP contribution in [0.25, 0.3) is 11.1 Å². The van der Waals surface area contributed by atoms with Gasteiger partial charge in [-0.05, 0) is 57.4 Å². The lowest BCUT2D eigenvalue weighted by molar-refractivity contribution is 0.0221. The number of carbonyl (C=O) groups excluding carboxylic acids is 1. The van der Waals surface area contributed by atoms with Crippen LogP contribution in [0.15, 0.2) is 42.6 Å². The predicted octanol–water partition coefficient (Wildman–Crippen LogP) is 4.52. The van der Waals surface area contributed by atoms with E-state index >= 15 is 0 Å². The van der Waals surface area contributed by atoms with Crippen molar-refractivity contribution in [3.8, 4) is 11.1 Å². The highest BCUT2D eigenvalue weighted by Gasteiger charge is 2.33. The van der Waals surface area contributed by atoms with Crippen LogP contribution in [0.4, 0.5) is 4.79 Å². The molecule has 2 aromatic rings. The van der Waals surface area contributed by atoms with Crippen LogP contribution in [0.2, 0.25) is 0 Å². The second kappa shape index (κ2) is 7.39. The number of aromatic nitrogens is 1. The van der Waals surface area contributed by atoms with Gasteiger partial charge < -0.3 is 9.84 Å². The molecule has 0 aliphatic carbocycles. The summed E-state index contributed by atoms with van der Waals surface area (Å²) in [6.45, 7) is 6.22. The van der Waals surface area contributed by atoms with E-state index in [1.807, 2.05) is 39.0 Å². The van der Waals surface area contributed by atoms with E-state index in [9.17, 15) is 9.59 Å². The van der Waals surface area contributed by atoms with Crippen LogP contribution in [0, 0.1) is 0 Å². The number of carbonyl (C=O) groups is 2. The van der Waals surface area contributed by atoms with Crippen molar-refractivity contribution in [3.05, 3.63) is 53.9 Å². The minimum atomic E-state index is -0.958. The molecule has 1 aliphatic heterocycles. The van der Waals surface area contributed by atoms with Crippen molar-refractivity contribution in [1.82, 2.24) is 9.88 Å². The summed E-state index contributed by atoms with van der Waals surface area (Å²) in [5.41, 5.74) is 2.16. The topological polar surface area (TPSA) is 79.7 Å². The van der Waals surface area contributed by atoms with E-state index in [-0.39, 0.29) is 17.7 Å². The lowest BCUT2D eigenvalue weighted by atomic mass is 10.0. The van der Waals surface area contributed by atoms with E-state index in [0.29, 0.717) is 6.54 Å². The molecule has 1 amide bonds. The van der Waals surface area contributed by atoms with Crippen molar-refractivity contribution in [1.29, 1.82) is 0 Å². The standard InChI is InChI=1S/C21H24N2O4/c1-21(2,3)27-20(26)23-11-5-8-18(23)17-10-9-16(13-22-17)14-6-4-7-15(12-14)19(24)25/h4,6-7,9-10,12-13,18H,5,8,11H2,1-3H3,(H,24,25)/t18-/m0/s1. The first-order chi connectivity index (χ1) is 12.7. The number of carboxylic acids is 1. The van der Waals surface area contributed by atoms with Crippen molar-refractivity contribution >= 4 is 12.1 Å². The molecule has 142 valence electrons. The number of rotatable bonds is 3. The third kappa shape index (κ3) is 4.45. The van der Waals surface area contributed by atoms with E-state index in [0.717, 1.165) is 29.7 Å². The van der Waals surface area contributed by atoms with Crippen molar-refractivity contribution in [2.24, 2.45) is 0 Å². The van der Waals surface area contributed by atoms with Gasteiger partial charge in [0.05, 0.1) is 17.3 Å². The van der Waals surface area contributed by atoms with Crippen LogP contribution in [0.1, 0.15) is 55.7 Å². The maximum atomic E-state index is 12.5. The van der Waals surface area contributed by atoms with Crippen molar-refractivity contribution < 1.29 is 19.4 Å². The SMILES string of the molecule is CC(C)(C)OC(=O)N1CCC[C@H]1c1ccc(-c2cccc(C(=O)O)c2)cn1. The lowest BCUT2D eigenvalue weighted by Gasteiger charge is -2.28. The van der Waals surface area contributed by atoms with Gasteiger partial charge in [0.15, 0.2) is 0 Å². The van der Waals surface area contributed by atoms with Gasteiger partial charge in [0.1, 0.15) is 5.60 Å². The van der Waals surface area contributed by atoms with Crippen LogP contribution in [0.5, 0.6) is 0 Å². The largest absolute Gasteiger partial charge is 0.478 e. The third-order valence-electron chi connectivity index (χ3n) is 4.45. The first kappa shape index (κ1) is 18.9. The molecule has 1 aromatic carbocycles. The van der Waals surface area contributed by atoms with E-state index < -0.39 is 11.6 Å². The maximum absolute atomic E-state index is 12.5. The molecule has 0 saturated carbocycles. The average molecular weight is 368 g/mol. The summed E-state index contributed by atoms with van der Waals surface area (Å²) in [7, 11) is 0. The molecule has 6 heteroatoms. The van der Waals surface area contributed by atoms with Crippen LogP contribution in [-0.2, 0) is 4.74 Å². The quantitative estimate of drug-likeness (QED) is 0.862. The Balaban J connectivity index is 1.79. The Morgan fingerprint density at radius 2 is 1.96 bits per heavy atom. The Morgan fingerprint density at radius 3 is 2.59 bits per heavy atom. The van der Waals surface area contributed by atoms with Gasteiger partial charge in [-0.25, -0.2) is 9.59 Å². The fourth-order valence-electron chi connectivity index (χ4n) is 3.22.